The molecule has 1 amide bonds. The van der Waals surface area contributed by atoms with Gasteiger partial charge in [0.1, 0.15) is 12.3 Å². The van der Waals surface area contributed by atoms with Crippen molar-refractivity contribution in [3.8, 4) is 16.9 Å². The third-order valence-corrected chi connectivity index (χ3v) is 6.48. The molecule has 0 radical (unpaired) electrons. The average Bonchev–Trinajstić information content (AvgIpc) is 2.73. The van der Waals surface area contributed by atoms with E-state index in [1.54, 1.807) is 54.6 Å². The molecule has 29 heavy (non-hydrogen) atoms. The van der Waals surface area contributed by atoms with E-state index < -0.39 is 15.9 Å². The van der Waals surface area contributed by atoms with E-state index in [0.717, 1.165) is 9.87 Å². The van der Waals surface area contributed by atoms with Gasteiger partial charge in [-0.05, 0) is 31.2 Å². The molecule has 0 saturated carbocycles. The Kier molecular flexibility index (Phi) is 4.98. The number of benzene rings is 3. The normalized spacial score (nSPS) is 13.9. The molecular weight excluding hydrogens is 388 g/mol. The minimum absolute atomic E-state index is 0.196. The van der Waals surface area contributed by atoms with Crippen molar-refractivity contribution in [2.24, 2.45) is 0 Å². The second kappa shape index (κ2) is 7.60. The molecule has 3 aromatic rings. The van der Waals surface area contributed by atoms with Crippen LogP contribution in [-0.4, -0.2) is 27.5 Å². The number of carbonyl (C=O) groups excluding carboxylic acids is 1. The molecular formula is C22H20N2O4S. The third-order valence-electron chi connectivity index (χ3n) is 4.67. The van der Waals surface area contributed by atoms with E-state index in [0.29, 0.717) is 29.3 Å². The lowest BCUT2D eigenvalue weighted by Gasteiger charge is -2.31. The summed E-state index contributed by atoms with van der Waals surface area (Å²) in [6, 6.07) is 21.1. The van der Waals surface area contributed by atoms with Gasteiger partial charge < -0.3 is 10.1 Å². The van der Waals surface area contributed by atoms with E-state index in [1.807, 2.05) is 25.1 Å². The molecule has 1 heterocycles. The second-order valence-corrected chi connectivity index (χ2v) is 8.33. The lowest BCUT2D eigenvalue weighted by Crippen LogP contribution is -2.40. The summed E-state index contributed by atoms with van der Waals surface area (Å²) in [5, 5.41) is 2.77. The van der Waals surface area contributed by atoms with Crippen molar-refractivity contribution >= 4 is 27.3 Å². The van der Waals surface area contributed by atoms with Gasteiger partial charge in [0.2, 0.25) is 5.91 Å². The van der Waals surface area contributed by atoms with Crippen LogP contribution in [0.5, 0.6) is 5.75 Å². The van der Waals surface area contributed by atoms with Crippen LogP contribution in [0.25, 0.3) is 11.1 Å². The van der Waals surface area contributed by atoms with Crippen LogP contribution in [0.3, 0.4) is 0 Å². The molecule has 3 aromatic carbocycles. The van der Waals surface area contributed by atoms with Crippen LogP contribution in [0.4, 0.5) is 11.4 Å². The van der Waals surface area contributed by atoms with Crippen LogP contribution in [0.15, 0.2) is 77.7 Å². The van der Waals surface area contributed by atoms with Gasteiger partial charge in [-0.1, -0.05) is 48.5 Å². The Hall–Kier alpha value is -3.32. The summed E-state index contributed by atoms with van der Waals surface area (Å²) < 4.78 is 33.2. The monoisotopic (exact) mass is 408 g/mol. The lowest BCUT2D eigenvalue weighted by molar-refractivity contribution is -0.114. The molecule has 148 valence electrons. The van der Waals surface area contributed by atoms with Crippen molar-refractivity contribution in [3.63, 3.8) is 0 Å². The number of anilines is 2. The molecule has 0 spiro atoms. The quantitative estimate of drug-likeness (QED) is 0.695. The van der Waals surface area contributed by atoms with Gasteiger partial charge in [0.25, 0.3) is 10.0 Å². The van der Waals surface area contributed by atoms with Crippen molar-refractivity contribution in [3.05, 3.63) is 72.8 Å². The fourth-order valence-corrected chi connectivity index (χ4v) is 5.07. The molecule has 0 bridgehead atoms. The Bertz CT molecular complexity index is 1170. The van der Waals surface area contributed by atoms with Crippen LogP contribution < -0.4 is 14.4 Å². The molecule has 6 nitrogen and oxygen atoms in total. The molecule has 0 fully saturated rings. The molecule has 0 atom stereocenters. The van der Waals surface area contributed by atoms with Gasteiger partial charge in [-0.3, -0.25) is 9.10 Å². The summed E-state index contributed by atoms with van der Waals surface area (Å²) in [6.45, 7) is 1.97. The highest BCUT2D eigenvalue weighted by Crippen LogP contribution is 2.42. The maximum atomic E-state index is 13.2. The molecule has 1 aliphatic heterocycles. The first-order chi connectivity index (χ1) is 14.0. The summed E-state index contributed by atoms with van der Waals surface area (Å²) in [4.78, 5) is 13.0. The first kappa shape index (κ1) is 19.0. The minimum Gasteiger partial charge on any atom is -0.492 e. The summed E-state index contributed by atoms with van der Waals surface area (Å²) in [5.41, 5.74) is 2.41. The molecule has 4 rings (SSSR count). The lowest BCUT2D eigenvalue weighted by atomic mass is 10.0. The van der Waals surface area contributed by atoms with Gasteiger partial charge in [0.15, 0.2) is 0 Å². The highest BCUT2D eigenvalue weighted by Gasteiger charge is 2.35. The Morgan fingerprint density at radius 2 is 1.59 bits per heavy atom. The predicted molar refractivity (Wildman–Crippen MR) is 113 cm³/mol. The minimum atomic E-state index is -3.86. The maximum absolute atomic E-state index is 13.2. The fraction of sp³-hybridized carbons (Fsp3) is 0.136. The van der Waals surface area contributed by atoms with Crippen molar-refractivity contribution in [2.45, 2.75) is 11.8 Å². The van der Waals surface area contributed by atoms with E-state index in [2.05, 4.69) is 5.32 Å². The van der Waals surface area contributed by atoms with Crippen molar-refractivity contribution < 1.29 is 17.9 Å². The first-order valence-corrected chi connectivity index (χ1v) is 10.7. The van der Waals surface area contributed by atoms with Crippen molar-refractivity contribution in [1.82, 2.24) is 0 Å². The third kappa shape index (κ3) is 3.45. The summed E-state index contributed by atoms with van der Waals surface area (Å²) in [6.07, 6.45) is 0. The topological polar surface area (TPSA) is 75.7 Å². The molecule has 0 aromatic heterocycles. The average molecular weight is 408 g/mol. The van der Waals surface area contributed by atoms with Gasteiger partial charge in [0, 0.05) is 11.1 Å². The number of sulfonamides is 1. The van der Waals surface area contributed by atoms with Crippen LogP contribution in [0.1, 0.15) is 6.92 Å². The number of ether oxygens (including phenoxy) is 1. The first-order valence-electron chi connectivity index (χ1n) is 9.25. The molecule has 0 unspecified atom stereocenters. The fourth-order valence-electron chi connectivity index (χ4n) is 3.42. The van der Waals surface area contributed by atoms with E-state index in [9.17, 15) is 13.2 Å². The van der Waals surface area contributed by atoms with Gasteiger partial charge in [-0.25, -0.2) is 8.42 Å². The zero-order valence-electron chi connectivity index (χ0n) is 15.8. The highest BCUT2D eigenvalue weighted by molar-refractivity contribution is 7.93. The highest BCUT2D eigenvalue weighted by atomic mass is 32.2. The Morgan fingerprint density at radius 3 is 2.38 bits per heavy atom. The van der Waals surface area contributed by atoms with E-state index >= 15 is 0 Å². The van der Waals surface area contributed by atoms with Gasteiger partial charge in [-0.2, -0.15) is 0 Å². The Labute approximate surface area is 169 Å². The SMILES string of the molecule is CCOc1ccccc1NC(=O)CN1c2ccccc2-c2ccccc2S1(=O)=O. The number of nitrogens with one attached hydrogen (secondary N) is 1. The van der Waals surface area contributed by atoms with E-state index in [-0.39, 0.29) is 11.4 Å². The summed E-state index contributed by atoms with van der Waals surface area (Å²) in [7, 11) is -3.86. The zero-order valence-corrected chi connectivity index (χ0v) is 16.6. The van der Waals surface area contributed by atoms with E-state index in [4.69, 9.17) is 4.74 Å². The van der Waals surface area contributed by atoms with E-state index in [1.165, 1.54) is 0 Å². The predicted octanol–water partition coefficient (Wildman–Crippen LogP) is 3.90. The van der Waals surface area contributed by atoms with Crippen LogP contribution in [0.2, 0.25) is 0 Å². The van der Waals surface area contributed by atoms with Crippen LogP contribution >= 0.6 is 0 Å². The van der Waals surface area contributed by atoms with Gasteiger partial charge >= 0.3 is 0 Å². The van der Waals surface area contributed by atoms with Crippen LogP contribution in [-0.2, 0) is 14.8 Å². The number of hydrogen-bond acceptors (Lipinski definition) is 4. The Morgan fingerprint density at radius 1 is 0.931 bits per heavy atom. The summed E-state index contributed by atoms with van der Waals surface area (Å²) >= 11 is 0. The van der Waals surface area contributed by atoms with Crippen LogP contribution in [0, 0.1) is 0 Å². The Balaban J connectivity index is 1.68. The zero-order chi connectivity index (χ0) is 20.4. The number of fused-ring (bicyclic) bond motifs is 3. The number of hydrogen-bond donors (Lipinski definition) is 1. The number of rotatable bonds is 5. The van der Waals surface area contributed by atoms with Gasteiger partial charge in [-0.15, -0.1) is 0 Å². The maximum Gasteiger partial charge on any atom is 0.265 e. The number of carbonyl (C=O) groups is 1. The smallest absolute Gasteiger partial charge is 0.265 e. The van der Waals surface area contributed by atoms with Crippen molar-refractivity contribution in [1.29, 1.82) is 0 Å². The second-order valence-electron chi connectivity index (χ2n) is 6.50. The van der Waals surface area contributed by atoms with Crippen molar-refractivity contribution in [2.75, 3.05) is 22.8 Å². The molecule has 1 aliphatic rings. The molecule has 0 saturated heterocycles. The molecule has 1 N–H and O–H groups in total. The van der Waals surface area contributed by atoms with Gasteiger partial charge in [0.05, 0.1) is 22.9 Å². The standard InChI is InChI=1S/C22H20N2O4S/c1-2-28-20-13-7-5-11-18(20)23-22(25)15-24-19-12-6-3-9-16(19)17-10-4-8-14-21(17)29(24,26)27/h3-14H,2,15H2,1H3,(H,23,25). The largest absolute Gasteiger partial charge is 0.492 e. The molecule has 7 heteroatoms. The summed E-state index contributed by atoms with van der Waals surface area (Å²) in [5.74, 6) is 0.0884. The molecule has 0 aliphatic carbocycles. The number of nitrogens with zero attached hydrogens (tertiary/aromatic N) is 1. The number of para-hydroxylation sites is 3. The number of amides is 1.